The Hall–Kier alpha value is -0.630. The van der Waals surface area contributed by atoms with Gasteiger partial charge in [0, 0.05) is 0 Å². The van der Waals surface area contributed by atoms with Gasteiger partial charge in [0.2, 0.25) is 0 Å². The molecule has 0 spiro atoms. The summed E-state index contributed by atoms with van der Waals surface area (Å²) in [6.45, 7) is 5.06. The average molecular weight is 210 g/mol. The van der Waals surface area contributed by atoms with Crippen LogP contribution in [0.1, 0.15) is 17.5 Å². The van der Waals surface area contributed by atoms with E-state index in [0.29, 0.717) is 0 Å². The molecule has 0 saturated carbocycles. The molecular weight excluding hydrogens is 192 g/mol. The first kappa shape index (κ1) is 11.4. The number of benzene rings is 1. The number of hydrogen-bond acceptors (Lipinski definition) is 2. The number of aryl methyl sites for hydroxylation is 2. The number of ether oxygens (including phenoxy) is 1. The molecule has 1 aromatic rings. The third-order valence-corrected chi connectivity index (χ3v) is 2.94. The van der Waals surface area contributed by atoms with Gasteiger partial charge in [0.05, 0.1) is 6.61 Å². The van der Waals surface area contributed by atoms with Crippen LogP contribution >= 0.6 is 11.8 Å². The van der Waals surface area contributed by atoms with Crippen LogP contribution in [0.15, 0.2) is 18.2 Å². The van der Waals surface area contributed by atoms with Gasteiger partial charge in [0.1, 0.15) is 5.75 Å². The minimum absolute atomic E-state index is 0.823. The van der Waals surface area contributed by atoms with E-state index in [4.69, 9.17) is 4.74 Å². The molecule has 1 nitrogen and oxygen atoms in total. The maximum Gasteiger partial charge on any atom is 0.119 e. The van der Waals surface area contributed by atoms with Crippen molar-refractivity contribution >= 4 is 11.8 Å². The highest BCUT2D eigenvalue weighted by atomic mass is 32.2. The van der Waals surface area contributed by atoms with E-state index in [9.17, 15) is 0 Å². The van der Waals surface area contributed by atoms with E-state index in [-0.39, 0.29) is 0 Å². The molecule has 1 aromatic carbocycles. The smallest absolute Gasteiger partial charge is 0.119 e. The standard InChI is InChI=1S/C12H18OS/c1-10-5-6-12(9-11(10)2)13-7-4-8-14-3/h5-6,9H,4,7-8H2,1-3H3. The van der Waals surface area contributed by atoms with E-state index in [1.54, 1.807) is 0 Å². The summed E-state index contributed by atoms with van der Waals surface area (Å²) >= 11 is 1.86. The quantitative estimate of drug-likeness (QED) is 0.689. The fourth-order valence-electron chi connectivity index (χ4n) is 1.20. The third kappa shape index (κ3) is 3.62. The molecule has 0 fully saturated rings. The molecule has 2 heteroatoms. The summed E-state index contributed by atoms with van der Waals surface area (Å²) in [4.78, 5) is 0. The van der Waals surface area contributed by atoms with Crippen LogP contribution in [0, 0.1) is 13.8 Å². The maximum absolute atomic E-state index is 5.63. The van der Waals surface area contributed by atoms with Crippen molar-refractivity contribution in [3.63, 3.8) is 0 Å². The highest BCUT2D eigenvalue weighted by Gasteiger charge is 1.96. The third-order valence-electron chi connectivity index (χ3n) is 2.24. The van der Waals surface area contributed by atoms with Crippen LogP contribution in [0.5, 0.6) is 5.75 Å². The van der Waals surface area contributed by atoms with Gasteiger partial charge < -0.3 is 4.74 Å². The minimum atomic E-state index is 0.823. The molecule has 0 N–H and O–H groups in total. The Bertz CT molecular complexity index is 284. The normalized spacial score (nSPS) is 10.2. The van der Waals surface area contributed by atoms with Gasteiger partial charge in [-0.05, 0) is 55.5 Å². The Morgan fingerprint density at radius 2 is 2.00 bits per heavy atom. The first-order valence-corrected chi connectivity index (χ1v) is 6.32. The molecule has 0 unspecified atom stereocenters. The Kier molecular flexibility index (Phi) is 4.88. The molecule has 1 rings (SSSR count). The van der Waals surface area contributed by atoms with E-state index in [1.165, 1.54) is 16.9 Å². The molecule has 0 aromatic heterocycles. The summed E-state index contributed by atoms with van der Waals surface area (Å²) in [7, 11) is 0. The van der Waals surface area contributed by atoms with E-state index in [0.717, 1.165) is 18.8 Å². The van der Waals surface area contributed by atoms with Gasteiger partial charge in [-0.2, -0.15) is 11.8 Å². The van der Waals surface area contributed by atoms with Crippen molar-refractivity contribution in [2.45, 2.75) is 20.3 Å². The lowest BCUT2D eigenvalue weighted by Crippen LogP contribution is -1.98. The van der Waals surface area contributed by atoms with Gasteiger partial charge in [-0.25, -0.2) is 0 Å². The lowest BCUT2D eigenvalue weighted by molar-refractivity contribution is 0.318. The van der Waals surface area contributed by atoms with Crippen LogP contribution in [0.4, 0.5) is 0 Å². The molecule has 0 aliphatic carbocycles. The molecule has 14 heavy (non-hydrogen) atoms. The summed E-state index contributed by atoms with van der Waals surface area (Å²) in [5.41, 5.74) is 2.62. The first-order valence-electron chi connectivity index (χ1n) is 4.93. The summed E-state index contributed by atoms with van der Waals surface area (Å²) in [5.74, 6) is 2.17. The van der Waals surface area contributed by atoms with Gasteiger partial charge in [0.25, 0.3) is 0 Å². The number of thioether (sulfide) groups is 1. The zero-order chi connectivity index (χ0) is 10.4. The Morgan fingerprint density at radius 3 is 2.64 bits per heavy atom. The summed E-state index contributed by atoms with van der Waals surface area (Å²) in [5, 5.41) is 0. The SMILES string of the molecule is CSCCCOc1ccc(C)c(C)c1. The first-order chi connectivity index (χ1) is 6.74. The van der Waals surface area contributed by atoms with Gasteiger partial charge in [-0.15, -0.1) is 0 Å². The second-order valence-corrected chi connectivity index (χ2v) is 4.43. The second-order valence-electron chi connectivity index (χ2n) is 3.44. The molecule has 0 aliphatic rings. The lowest BCUT2D eigenvalue weighted by atomic mass is 10.1. The van der Waals surface area contributed by atoms with Crippen molar-refractivity contribution < 1.29 is 4.74 Å². The zero-order valence-electron chi connectivity index (χ0n) is 9.17. The molecule has 0 radical (unpaired) electrons. The fraction of sp³-hybridized carbons (Fsp3) is 0.500. The number of rotatable bonds is 5. The van der Waals surface area contributed by atoms with Crippen molar-refractivity contribution in [2.24, 2.45) is 0 Å². The molecule has 78 valence electrons. The van der Waals surface area contributed by atoms with E-state index in [1.807, 2.05) is 17.8 Å². The topological polar surface area (TPSA) is 9.23 Å². The van der Waals surface area contributed by atoms with Gasteiger partial charge >= 0.3 is 0 Å². The Labute approximate surface area is 90.9 Å². The monoisotopic (exact) mass is 210 g/mol. The van der Waals surface area contributed by atoms with Gasteiger partial charge in [-0.1, -0.05) is 6.07 Å². The number of hydrogen-bond donors (Lipinski definition) is 0. The Morgan fingerprint density at radius 1 is 1.21 bits per heavy atom. The summed E-state index contributed by atoms with van der Waals surface area (Å²) in [6, 6.07) is 6.26. The molecule has 0 atom stereocenters. The van der Waals surface area contributed by atoms with Crippen molar-refractivity contribution in [1.29, 1.82) is 0 Å². The molecule has 0 heterocycles. The van der Waals surface area contributed by atoms with Crippen molar-refractivity contribution in [2.75, 3.05) is 18.6 Å². The molecule has 0 bridgehead atoms. The van der Waals surface area contributed by atoms with Crippen LogP contribution in [-0.4, -0.2) is 18.6 Å². The predicted molar refractivity (Wildman–Crippen MR) is 64.4 cm³/mol. The van der Waals surface area contributed by atoms with Crippen LogP contribution < -0.4 is 4.74 Å². The summed E-state index contributed by atoms with van der Waals surface area (Å²) in [6.07, 6.45) is 3.24. The average Bonchev–Trinajstić information content (AvgIpc) is 2.18. The van der Waals surface area contributed by atoms with Crippen LogP contribution in [-0.2, 0) is 0 Å². The fourth-order valence-corrected chi connectivity index (χ4v) is 1.60. The summed E-state index contributed by atoms with van der Waals surface area (Å²) < 4.78 is 5.63. The van der Waals surface area contributed by atoms with Crippen LogP contribution in [0.2, 0.25) is 0 Å². The highest BCUT2D eigenvalue weighted by Crippen LogP contribution is 2.16. The molecular formula is C12H18OS. The van der Waals surface area contributed by atoms with Crippen LogP contribution in [0.3, 0.4) is 0 Å². The van der Waals surface area contributed by atoms with Crippen LogP contribution in [0.25, 0.3) is 0 Å². The predicted octanol–water partition coefficient (Wildman–Crippen LogP) is 3.44. The maximum atomic E-state index is 5.63. The zero-order valence-corrected chi connectivity index (χ0v) is 9.99. The van der Waals surface area contributed by atoms with Gasteiger partial charge in [0.15, 0.2) is 0 Å². The van der Waals surface area contributed by atoms with E-state index in [2.05, 4.69) is 32.2 Å². The minimum Gasteiger partial charge on any atom is -0.494 e. The lowest BCUT2D eigenvalue weighted by Gasteiger charge is -2.07. The van der Waals surface area contributed by atoms with Crippen molar-refractivity contribution in [1.82, 2.24) is 0 Å². The van der Waals surface area contributed by atoms with Crippen molar-refractivity contribution in [3.05, 3.63) is 29.3 Å². The van der Waals surface area contributed by atoms with E-state index < -0.39 is 0 Å². The molecule has 0 saturated heterocycles. The highest BCUT2D eigenvalue weighted by molar-refractivity contribution is 7.98. The largest absolute Gasteiger partial charge is 0.494 e. The van der Waals surface area contributed by atoms with E-state index >= 15 is 0 Å². The van der Waals surface area contributed by atoms with Gasteiger partial charge in [-0.3, -0.25) is 0 Å². The molecule has 0 amide bonds. The second kappa shape index (κ2) is 5.97. The molecule has 0 aliphatic heterocycles. The Balaban J connectivity index is 2.39. The van der Waals surface area contributed by atoms with Crippen molar-refractivity contribution in [3.8, 4) is 5.75 Å².